The van der Waals surface area contributed by atoms with Crippen molar-refractivity contribution in [3.8, 4) is 0 Å². The highest BCUT2D eigenvalue weighted by Gasteiger charge is 2.18. The van der Waals surface area contributed by atoms with Gasteiger partial charge in [0.1, 0.15) is 12.4 Å². The predicted octanol–water partition coefficient (Wildman–Crippen LogP) is 0.992. The first-order chi connectivity index (χ1) is 8.70. The summed E-state index contributed by atoms with van der Waals surface area (Å²) in [6, 6.07) is 0.979. The maximum atomic E-state index is 11.0. The van der Waals surface area contributed by atoms with Crippen LogP contribution < -0.4 is 5.73 Å². The van der Waals surface area contributed by atoms with Gasteiger partial charge in [-0.25, -0.2) is 9.78 Å². The third kappa shape index (κ3) is 4.84. The number of rotatable bonds is 7. The summed E-state index contributed by atoms with van der Waals surface area (Å²) < 4.78 is 6.69. The van der Waals surface area contributed by atoms with E-state index < -0.39 is 20.0 Å². The number of ether oxygens (including phenoxy) is 1. The summed E-state index contributed by atoms with van der Waals surface area (Å²) in [5.41, 5.74) is 4.99. The topological polar surface area (TPSA) is 107 Å². The Labute approximate surface area is 112 Å². The molecule has 0 saturated carbocycles. The summed E-state index contributed by atoms with van der Waals surface area (Å²) in [5, 5.41) is 8.96. The van der Waals surface area contributed by atoms with Crippen LogP contribution in [0.1, 0.15) is 21.1 Å². The zero-order valence-electron chi connectivity index (χ0n) is 11.3. The van der Waals surface area contributed by atoms with Crippen molar-refractivity contribution in [2.75, 3.05) is 6.61 Å². The number of imidazole rings is 1. The fraction of sp³-hybridized carbons (Fsp3) is 0.545. The normalized spacial score (nSPS) is 11.5. The molecule has 19 heavy (non-hydrogen) atoms. The van der Waals surface area contributed by atoms with Crippen molar-refractivity contribution in [1.82, 2.24) is 9.55 Å². The van der Waals surface area contributed by atoms with Gasteiger partial charge in [0.15, 0.2) is 0 Å². The fourth-order valence-electron chi connectivity index (χ4n) is 1.34. The minimum atomic E-state index is -1.22. The summed E-state index contributed by atoms with van der Waals surface area (Å²) in [4.78, 5) is 25.6. The Kier molecular flexibility index (Phi) is 4.84. The highest BCUT2D eigenvalue weighted by molar-refractivity contribution is 6.76. The molecule has 1 heterocycles. The van der Waals surface area contributed by atoms with Crippen molar-refractivity contribution in [2.45, 2.75) is 32.4 Å². The molecule has 0 fully saturated rings. The Bertz CT molecular complexity index is 479. The van der Waals surface area contributed by atoms with Gasteiger partial charge in [0.25, 0.3) is 5.91 Å². The zero-order valence-corrected chi connectivity index (χ0v) is 12.3. The van der Waals surface area contributed by atoms with Gasteiger partial charge in [-0.2, -0.15) is 0 Å². The molecule has 1 aromatic rings. The average Bonchev–Trinajstić information content (AvgIpc) is 2.67. The standard InChI is InChI=1S/C11H19N3O4Si/c1-19(2,3)5-4-18-7-14-6-8(9(12)15)13-10(14)11(16)17/h6H,4-5,7H2,1-3H3,(H2,12,15)(H,16,17). The van der Waals surface area contributed by atoms with E-state index >= 15 is 0 Å². The van der Waals surface area contributed by atoms with Gasteiger partial charge >= 0.3 is 5.97 Å². The third-order valence-corrected chi connectivity index (χ3v) is 4.15. The van der Waals surface area contributed by atoms with E-state index in [0.29, 0.717) is 6.61 Å². The van der Waals surface area contributed by atoms with E-state index in [4.69, 9.17) is 15.6 Å². The Morgan fingerprint density at radius 1 is 1.47 bits per heavy atom. The molecule has 0 bridgehead atoms. The lowest BCUT2D eigenvalue weighted by Gasteiger charge is -2.15. The smallest absolute Gasteiger partial charge is 0.372 e. The molecule has 0 aliphatic carbocycles. The van der Waals surface area contributed by atoms with Crippen LogP contribution in [0.4, 0.5) is 0 Å². The van der Waals surface area contributed by atoms with Gasteiger partial charge in [0.05, 0.1) is 0 Å². The number of hydrogen-bond donors (Lipinski definition) is 2. The Balaban J connectivity index is 2.67. The summed E-state index contributed by atoms with van der Waals surface area (Å²) in [7, 11) is -1.18. The van der Waals surface area contributed by atoms with Crippen molar-refractivity contribution >= 4 is 20.0 Å². The summed E-state index contributed by atoms with van der Waals surface area (Å²) >= 11 is 0. The van der Waals surface area contributed by atoms with Crippen LogP contribution in [-0.4, -0.2) is 41.2 Å². The molecule has 8 heteroatoms. The van der Waals surface area contributed by atoms with Gasteiger partial charge in [-0.3, -0.25) is 4.79 Å². The lowest BCUT2D eigenvalue weighted by molar-refractivity contribution is 0.0613. The number of carboxylic acids is 1. The number of carbonyl (C=O) groups excluding carboxylic acids is 1. The molecule has 0 aromatic carbocycles. The maximum absolute atomic E-state index is 11.0. The lowest BCUT2D eigenvalue weighted by Crippen LogP contribution is -2.22. The second-order valence-electron chi connectivity index (χ2n) is 5.44. The van der Waals surface area contributed by atoms with Crippen molar-refractivity contribution in [3.05, 3.63) is 17.7 Å². The molecule has 7 nitrogen and oxygen atoms in total. The lowest BCUT2D eigenvalue weighted by atomic mass is 10.5. The first kappa shape index (κ1) is 15.4. The van der Waals surface area contributed by atoms with Crippen LogP contribution in [0.5, 0.6) is 0 Å². The highest BCUT2D eigenvalue weighted by Crippen LogP contribution is 2.09. The largest absolute Gasteiger partial charge is 0.475 e. The molecule has 106 valence electrons. The molecule has 0 unspecified atom stereocenters. The summed E-state index contributed by atoms with van der Waals surface area (Å²) in [6.07, 6.45) is 1.29. The molecule has 0 saturated heterocycles. The van der Waals surface area contributed by atoms with E-state index in [1.807, 2.05) is 0 Å². The number of primary amides is 1. The molecule has 0 aliphatic rings. The Morgan fingerprint density at radius 2 is 2.11 bits per heavy atom. The number of amides is 1. The molecule has 0 radical (unpaired) electrons. The van der Waals surface area contributed by atoms with Crippen molar-refractivity contribution in [2.24, 2.45) is 5.73 Å². The van der Waals surface area contributed by atoms with Crippen molar-refractivity contribution in [3.63, 3.8) is 0 Å². The molecule has 1 aromatic heterocycles. The monoisotopic (exact) mass is 285 g/mol. The molecular weight excluding hydrogens is 266 g/mol. The van der Waals surface area contributed by atoms with Gasteiger partial charge in [0, 0.05) is 20.9 Å². The Hall–Kier alpha value is -1.67. The van der Waals surface area contributed by atoms with Crippen molar-refractivity contribution < 1.29 is 19.4 Å². The number of aromatic nitrogens is 2. The molecule has 0 aliphatic heterocycles. The zero-order chi connectivity index (χ0) is 14.6. The molecule has 0 spiro atoms. The number of nitrogens with zero attached hydrogens (tertiary/aromatic N) is 2. The number of nitrogens with two attached hydrogens (primary N) is 1. The summed E-state index contributed by atoms with van der Waals surface area (Å²) in [6.45, 7) is 7.27. The van der Waals surface area contributed by atoms with Crippen LogP contribution in [0, 0.1) is 0 Å². The van der Waals surface area contributed by atoms with Crippen LogP contribution >= 0.6 is 0 Å². The molecule has 3 N–H and O–H groups in total. The van der Waals surface area contributed by atoms with E-state index in [-0.39, 0.29) is 18.2 Å². The second kappa shape index (κ2) is 5.98. The van der Waals surface area contributed by atoms with Gasteiger partial charge in [-0.05, 0) is 6.04 Å². The minimum absolute atomic E-state index is 0.0480. The van der Waals surface area contributed by atoms with Gasteiger partial charge in [-0.15, -0.1) is 0 Å². The minimum Gasteiger partial charge on any atom is -0.475 e. The number of aromatic carboxylic acids is 1. The van der Waals surface area contributed by atoms with E-state index in [1.165, 1.54) is 10.8 Å². The van der Waals surface area contributed by atoms with E-state index in [1.54, 1.807) is 0 Å². The molecular formula is C11H19N3O4Si. The third-order valence-electron chi connectivity index (χ3n) is 2.45. The average molecular weight is 285 g/mol. The fourth-order valence-corrected chi connectivity index (χ4v) is 2.10. The van der Waals surface area contributed by atoms with Crippen LogP contribution in [0.2, 0.25) is 25.7 Å². The number of carboxylic acid groups (broad SMARTS) is 1. The van der Waals surface area contributed by atoms with Gasteiger partial charge in [-0.1, -0.05) is 19.6 Å². The van der Waals surface area contributed by atoms with E-state index in [0.717, 1.165) is 6.04 Å². The molecule has 1 rings (SSSR count). The SMILES string of the molecule is C[Si](C)(C)CCOCn1cc(C(N)=O)nc1C(=O)O. The first-order valence-corrected chi connectivity index (χ1v) is 9.59. The first-order valence-electron chi connectivity index (χ1n) is 5.89. The number of carbonyl (C=O) groups is 2. The van der Waals surface area contributed by atoms with E-state index in [9.17, 15) is 9.59 Å². The van der Waals surface area contributed by atoms with Crippen LogP contribution in [0.25, 0.3) is 0 Å². The quantitative estimate of drug-likeness (QED) is 0.574. The molecule has 0 atom stereocenters. The van der Waals surface area contributed by atoms with Gasteiger partial charge < -0.3 is 20.1 Å². The predicted molar refractivity (Wildman–Crippen MR) is 71.8 cm³/mol. The van der Waals surface area contributed by atoms with Gasteiger partial charge in [0.2, 0.25) is 5.82 Å². The number of hydrogen-bond acceptors (Lipinski definition) is 4. The summed E-state index contributed by atoms with van der Waals surface area (Å²) in [5.74, 6) is -2.23. The highest BCUT2D eigenvalue weighted by atomic mass is 28.3. The van der Waals surface area contributed by atoms with Crippen LogP contribution in [0.15, 0.2) is 6.20 Å². The van der Waals surface area contributed by atoms with Crippen molar-refractivity contribution in [1.29, 1.82) is 0 Å². The maximum Gasteiger partial charge on any atom is 0.372 e. The van der Waals surface area contributed by atoms with Crippen LogP contribution in [-0.2, 0) is 11.5 Å². The second-order valence-corrected chi connectivity index (χ2v) is 11.1. The van der Waals surface area contributed by atoms with Crippen LogP contribution in [0.3, 0.4) is 0 Å². The van der Waals surface area contributed by atoms with E-state index in [2.05, 4.69) is 24.6 Å². The molecule has 1 amide bonds. The Morgan fingerprint density at radius 3 is 2.58 bits per heavy atom.